The second-order valence-corrected chi connectivity index (χ2v) is 6.47. The van der Waals surface area contributed by atoms with E-state index in [0.717, 1.165) is 18.7 Å². The first kappa shape index (κ1) is 17.7. The fraction of sp³-hybridized carbons (Fsp3) is 0.812. The van der Waals surface area contributed by atoms with Crippen LogP contribution < -0.4 is 5.32 Å². The van der Waals surface area contributed by atoms with E-state index >= 15 is 0 Å². The van der Waals surface area contributed by atoms with Crippen molar-refractivity contribution >= 4 is 15.9 Å². The van der Waals surface area contributed by atoms with Gasteiger partial charge in [0.05, 0.1) is 15.9 Å². The molecule has 0 saturated heterocycles. The maximum absolute atomic E-state index is 4.50. The summed E-state index contributed by atoms with van der Waals surface area (Å²) in [6.45, 7) is 7.66. The zero-order chi connectivity index (χ0) is 15.0. The van der Waals surface area contributed by atoms with Gasteiger partial charge in [0.1, 0.15) is 0 Å². The first-order valence-corrected chi connectivity index (χ1v) is 8.80. The van der Waals surface area contributed by atoms with Crippen molar-refractivity contribution in [3.63, 3.8) is 0 Å². The molecule has 1 heterocycles. The normalized spacial score (nSPS) is 12.8. The van der Waals surface area contributed by atoms with Gasteiger partial charge in [-0.1, -0.05) is 39.5 Å². The number of unbranched alkanes of at least 4 members (excludes halogenated alkanes) is 3. The minimum absolute atomic E-state index is 0.568. The van der Waals surface area contributed by atoms with Crippen LogP contribution in [0.15, 0.2) is 4.47 Å². The van der Waals surface area contributed by atoms with Gasteiger partial charge in [-0.2, -0.15) is 5.10 Å². The molecule has 20 heavy (non-hydrogen) atoms. The maximum Gasteiger partial charge on any atom is 0.0738 e. The summed E-state index contributed by atoms with van der Waals surface area (Å²) in [5, 5.41) is 8.19. The lowest BCUT2D eigenvalue weighted by Gasteiger charge is -2.19. The molecule has 0 aromatic carbocycles. The lowest BCUT2D eigenvalue weighted by molar-refractivity contribution is 0.443. The Morgan fingerprint density at radius 2 is 1.95 bits per heavy atom. The molecule has 4 heteroatoms. The molecule has 0 aliphatic carbocycles. The number of nitrogens with zero attached hydrogens (tertiary/aromatic N) is 2. The third kappa shape index (κ3) is 5.57. The molecule has 1 rings (SSSR count). The van der Waals surface area contributed by atoms with Crippen LogP contribution in [0.1, 0.15) is 63.8 Å². The topological polar surface area (TPSA) is 29.9 Å². The highest BCUT2D eigenvalue weighted by Gasteiger charge is 2.16. The van der Waals surface area contributed by atoms with E-state index in [1.165, 1.54) is 48.7 Å². The van der Waals surface area contributed by atoms with Gasteiger partial charge in [0.15, 0.2) is 0 Å². The number of aromatic nitrogens is 2. The highest BCUT2D eigenvalue weighted by molar-refractivity contribution is 9.10. The van der Waals surface area contributed by atoms with Crippen LogP contribution in [0.25, 0.3) is 0 Å². The van der Waals surface area contributed by atoms with Gasteiger partial charge in [0, 0.05) is 19.5 Å². The van der Waals surface area contributed by atoms with Gasteiger partial charge in [0.2, 0.25) is 0 Å². The predicted molar refractivity (Wildman–Crippen MR) is 90.2 cm³/mol. The van der Waals surface area contributed by atoms with Crippen LogP contribution in [0, 0.1) is 6.92 Å². The molecule has 0 amide bonds. The average molecular weight is 344 g/mol. The van der Waals surface area contributed by atoms with Gasteiger partial charge in [0.25, 0.3) is 0 Å². The molecule has 0 radical (unpaired) electrons. The van der Waals surface area contributed by atoms with Crippen molar-refractivity contribution in [1.82, 2.24) is 15.1 Å². The lowest BCUT2D eigenvalue weighted by Crippen LogP contribution is -2.32. The average Bonchev–Trinajstić information content (AvgIpc) is 2.66. The van der Waals surface area contributed by atoms with Gasteiger partial charge in [-0.05, 0) is 42.2 Å². The molecular weight excluding hydrogens is 314 g/mol. The molecule has 1 N–H and O–H groups in total. The van der Waals surface area contributed by atoms with Gasteiger partial charge < -0.3 is 5.32 Å². The largest absolute Gasteiger partial charge is 0.314 e. The fourth-order valence-electron chi connectivity index (χ4n) is 2.58. The van der Waals surface area contributed by atoms with E-state index in [9.17, 15) is 0 Å². The van der Waals surface area contributed by atoms with Crippen LogP contribution in [0.3, 0.4) is 0 Å². The molecule has 0 spiro atoms. The summed E-state index contributed by atoms with van der Waals surface area (Å²) in [6.07, 6.45) is 8.85. The summed E-state index contributed by atoms with van der Waals surface area (Å²) < 4.78 is 3.20. The molecule has 0 aliphatic rings. The molecule has 116 valence electrons. The number of aryl methyl sites for hydroxylation is 2. The maximum atomic E-state index is 4.50. The molecule has 1 aromatic heterocycles. The summed E-state index contributed by atoms with van der Waals surface area (Å²) in [4.78, 5) is 0. The summed E-state index contributed by atoms with van der Waals surface area (Å²) in [7, 11) is 2.04. The third-order valence-corrected chi connectivity index (χ3v) is 4.82. The standard InChI is InChI=1S/C16H30BrN3/c1-5-7-8-9-10-14(18-11-6-2)12-15-16(17)13(3)19-20(15)4/h14,18H,5-12H2,1-4H3. The number of hydrogen-bond donors (Lipinski definition) is 1. The molecule has 0 aliphatic heterocycles. The second kappa shape index (κ2) is 9.56. The van der Waals surface area contributed by atoms with E-state index in [4.69, 9.17) is 0 Å². The van der Waals surface area contributed by atoms with Crippen molar-refractivity contribution in [3.05, 3.63) is 15.9 Å². The highest BCUT2D eigenvalue weighted by Crippen LogP contribution is 2.22. The summed E-state index contributed by atoms with van der Waals surface area (Å²) in [5.74, 6) is 0. The third-order valence-electron chi connectivity index (χ3n) is 3.79. The lowest BCUT2D eigenvalue weighted by atomic mass is 10.0. The first-order valence-electron chi connectivity index (χ1n) is 8.01. The Morgan fingerprint density at radius 1 is 1.20 bits per heavy atom. The summed E-state index contributed by atoms with van der Waals surface area (Å²) >= 11 is 3.68. The Morgan fingerprint density at radius 3 is 2.50 bits per heavy atom. The van der Waals surface area contributed by atoms with Gasteiger partial charge >= 0.3 is 0 Å². The second-order valence-electron chi connectivity index (χ2n) is 5.67. The minimum atomic E-state index is 0.568. The van der Waals surface area contributed by atoms with Gasteiger partial charge in [-0.25, -0.2) is 0 Å². The smallest absolute Gasteiger partial charge is 0.0738 e. The Kier molecular flexibility index (Phi) is 8.46. The molecule has 0 bridgehead atoms. The van der Waals surface area contributed by atoms with Crippen molar-refractivity contribution in [2.24, 2.45) is 7.05 Å². The van der Waals surface area contributed by atoms with E-state index in [-0.39, 0.29) is 0 Å². The summed E-state index contributed by atoms with van der Waals surface area (Å²) in [6, 6.07) is 0.568. The fourth-order valence-corrected chi connectivity index (χ4v) is 3.08. The Labute approximate surface area is 132 Å². The van der Waals surface area contributed by atoms with Crippen molar-refractivity contribution < 1.29 is 0 Å². The molecule has 1 atom stereocenters. The van der Waals surface area contributed by atoms with Crippen LogP contribution in [-0.2, 0) is 13.5 Å². The molecule has 0 saturated carbocycles. The Hall–Kier alpha value is -0.350. The van der Waals surface area contributed by atoms with E-state index in [0.29, 0.717) is 6.04 Å². The highest BCUT2D eigenvalue weighted by atomic mass is 79.9. The van der Waals surface area contributed by atoms with Crippen molar-refractivity contribution in [3.8, 4) is 0 Å². The Balaban J connectivity index is 2.58. The monoisotopic (exact) mass is 343 g/mol. The van der Waals surface area contributed by atoms with Crippen LogP contribution in [-0.4, -0.2) is 22.4 Å². The van der Waals surface area contributed by atoms with Crippen LogP contribution in [0.2, 0.25) is 0 Å². The van der Waals surface area contributed by atoms with E-state index in [2.05, 4.69) is 47.1 Å². The SMILES string of the molecule is CCCCCCC(Cc1c(Br)c(C)nn1C)NCCC. The van der Waals surface area contributed by atoms with Gasteiger partial charge in [-0.3, -0.25) is 4.68 Å². The van der Waals surface area contributed by atoms with E-state index < -0.39 is 0 Å². The van der Waals surface area contributed by atoms with Crippen molar-refractivity contribution in [1.29, 1.82) is 0 Å². The number of nitrogens with one attached hydrogen (secondary N) is 1. The van der Waals surface area contributed by atoms with Crippen molar-refractivity contribution in [2.75, 3.05) is 6.54 Å². The number of hydrogen-bond acceptors (Lipinski definition) is 2. The Bertz CT molecular complexity index is 387. The van der Waals surface area contributed by atoms with Crippen LogP contribution in [0.5, 0.6) is 0 Å². The van der Waals surface area contributed by atoms with Gasteiger partial charge in [-0.15, -0.1) is 0 Å². The predicted octanol–water partition coefficient (Wildman–Crippen LogP) is 4.37. The zero-order valence-corrected chi connectivity index (χ0v) is 15.1. The van der Waals surface area contributed by atoms with E-state index in [1.54, 1.807) is 0 Å². The van der Waals surface area contributed by atoms with Crippen molar-refractivity contribution in [2.45, 2.75) is 71.8 Å². The number of halogens is 1. The quantitative estimate of drug-likeness (QED) is 0.639. The molecule has 3 nitrogen and oxygen atoms in total. The first-order chi connectivity index (χ1) is 9.60. The molecule has 1 unspecified atom stereocenters. The minimum Gasteiger partial charge on any atom is -0.314 e. The van der Waals surface area contributed by atoms with Crippen LogP contribution in [0.4, 0.5) is 0 Å². The molecular formula is C16H30BrN3. The van der Waals surface area contributed by atoms with E-state index in [1.807, 2.05) is 11.7 Å². The van der Waals surface area contributed by atoms with Crippen LogP contribution >= 0.6 is 15.9 Å². The molecule has 1 aromatic rings. The zero-order valence-electron chi connectivity index (χ0n) is 13.5. The molecule has 0 fully saturated rings. The number of rotatable bonds is 10. The summed E-state index contributed by atoms with van der Waals surface area (Å²) in [5.41, 5.74) is 2.40.